The zero-order valence-corrected chi connectivity index (χ0v) is 11.6. The molecule has 1 fully saturated rings. The average molecular weight is 281 g/mol. The lowest BCUT2D eigenvalue weighted by atomic mass is 9.88. The van der Waals surface area contributed by atoms with E-state index in [1.165, 1.54) is 4.88 Å². The standard InChI is InChI=1S/C14H19NO3S/c16-11-4-2-1-3-10(11)15-7-5-12-9(6-8-19-12)13(15)14(17)18/h6,8,10-11,13,16H,1-5,7H2,(H,17,18). The second kappa shape index (κ2) is 5.23. The third kappa shape index (κ3) is 2.30. The van der Waals surface area contributed by atoms with Crippen molar-refractivity contribution in [1.82, 2.24) is 4.90 Å². The molecule has 0 radical (unpaired) electrons. The highest BCUT2D eigenvalue weighted by atomic mass is 32.1. The van der Waals surface area contributed by atoms with Gasteiger partial charge in [-0.2, -0.15) is 0 Å². The summed E-state index contributed by atoms with van der Waals surface area (Å²) >= 11 is 1.64. The maximum atomic E-state index is 11.7. The Morgan fingerprint density at radius 1 is 1.37 bits per heavy atom. The molecule has 0 amide bonds. The number of aliphatic hydroxyl groups excluding tert-OH is 1. The Kier molecular flexibility index (Phi) is 3.60. The lowest BCUT2D eigenvalue weighted by molar-refractivity contribution is -0.147. The SMILES string of the molecule is O=C(O)C1c2ccsc2CCN1C1CCCCC1O. The molecule has 0 aromatic carbocycles. The van der Waals surface area contributed by atoms with E-state index in [0.29, 0.717) is 0 Å². The largest absolute Gasteiger partial charge is 0.480 e. The first-order valence-corrected chi connectivity index (χ1v) is 7.79. The van der Waals surface area contributed by atoms with Crippen molar-refractivity contribution >= 4 is 17.3 Å². The molecule has 2 heterocycles. The molecule has 5 heteroatoms. The summed E-state index contributed by atoms with van der Waals surface area (Å²) in [7, 11) is 0. The Bertz CT molecular complexity index is 473. The van der Waals surface area contributed by atoms with Crippen molar-refractivity contribution in [3.05, 3.63) is 21.9 Å². The number of thiophene rings is 1. The summed E-state index contributed by atoms with van der Waals surface area (Å²) in [5.41, 5.74) is 0.932. The Labute approximate surface area is 116 Å². The van der Waals surface area contributed by atoms with Gasteiger partial charge in [0.25, 0.3) is 0 Å². The average Bonchev–Trinajstić information content (AvgIpc) is 2.86. The fourth-order valence-corrected chi connectivity index (χ4v) is 4.35. The van der Waals surface area contributed by atoms with Crippen LogP contribution in [0.2, 0.25) is 0 Å². The van der Waals surface area contributed by atoms with Crippen molar-refractivity contribution in [3.8, 4) is 0 Å². The molecule has 1 aromatic heterocycles. The molecule has 4 nitrogen and oxygen atoms in total. The number of aliphatic carboxylic acids is 1. The highest BCUT2D eigenvalue weighted by Gasteiger charge is 2.40. The summed E-state index contributed by atoms with van der Waals surface area (Å²) in [6.07, 6.45) is 4.36. The molecule has 2 aliphatic rings. The number of carboxylic acids is 1. The van der Waals surface area contributed by atoms with Crippen LogP contribution in [0, 0.1) is 0 Å². The summed E-state index contributed by atoms with van der Waals surface area (Å²) < 4.78 is 0. The summed E-state index contributed by atoms with van der Waals surface area (Å²) in [4.78, 5) is 14.9. The van der Waals surface area contributed by atoms with Crippen LogP contribution >= 0.6 is 11.3 Å². The molecule has 1 aromatic rings. The van der Waals surface area contributed by atoms with E-state index in [1.54, 1.807) is 11.3 Å². The van der Waals surface area contributed by atoms with Crippen molar-refractivity contribution in [3.63, 3.8) is 0 Å². The van der Waals surface area contributed by atoms with Crippen LogP contribution in [0.3, 0.4) is 0 Å². The fraction of sp³-hybridized carbons (Fsp3) is 0.643. The molecule has 1 aliphatic carbocycles. The molecule has 1 saturated carbocycles. The molecule has 2 N–H and O–H groups in total. The van der Waals surface area contributed by atoms with E-state index in [9.17, 15) is 15.0 Å². The van der Waals surface area contributed by atoms with Gasteiger partial charge in [0.15, 0.2) is 0 Å². The van der Waals surface area contributed by atoms with Gasteiger partial charge in [0.2, 0.25) is 0 Å². The molecule has 19 heavy (non-hydrogen) atoms. The number of nitrogens with zero attached hydrogens (tertiary/aromatic N) is 1. The third-order valence-electron chi connectivity index (χ3n) is 4.36. The van der Waals surface area contributed by atoms with Crippen molar-refractivity contribution < 1.29 is 15.0 Å². The minimum absolute atomic E-state index is 0.00269. The topological polar surface area (TPSA) is 60.8 Å². The fourth-order valence-electron chi connectivity index (χ4n) is 3.45. The van der Waals surface area contributed by atoms with Gasteiger partial charge in [0.1, 0.15) is 6.04 Å². The number of rotatable bonds is 2. The maximum Gasteiger partial charge on any atom is 0.325 e. The van der Waals surface area contributed by atoms with Gasteiger partial charge in [-0.05, 0) is 36.3 Å². The van der Waals surface area contributed by atoms with E-state index in [2.05, 4.69) is 0 Å². The van der Waals surface area contributed by atoms with Crippen LogP contribution in [0.5, 0.6) is 0 Å². The van der Waals surface area contributed by atoms with Crippen molar-refractivity contribution in [1.29, 1.82) is 0 Å². The molecule has 0 spiro atoms. The minimum Gasteiger partial charge on any atom is -0.480 e. The van der Waals surface area contributed by atoms with E-state index in [0.717, 1.165) is 44.2 Å². The summed E-state index contributed by atoms with van der Waals surface area (Å²) in [5, 5.41) is 21.7. The first-order chi connectivity index (χ1) is 9.18. The highest BCUT2D eigenvalue weighted by Crippen LogP contribution is 2.37. The van der Waals surface area contributed by atoms with Gasteiger partial charge in [-0.15, -0.1) is 11.3 Å². The summed E-state index contributed by atoms with van der Waals surface area (Å²) in [5.74, 6) is -0.794. The van der Waals surface area contributed by atoms with Crippen LogP contribution in [-0.2, 0) is 11.2 Å². The predicted octanol–water partition coefficient (Wildman–Crippen LogP) is 2.04. The van der Waals surface area contributed by atoms with Crippen LogP contribution in [0.1, 0.15) is 42.2 Å². The molecule has 3 unspecified atom stereocenters. The molecule has 3 atom stereocenters. The summed E-state index contributed by atoms with van der Waals surface area (Å²) in [6.45, 7) is 0.742. The lowest BCUT2D eigenvalue weighted by Crippen LogP contribution is -2.51. The quantitative estimate of drug-likeness (QED) is 0.871. The van der Waals surface area contributed by atoms with E-state index < -0.39 is 12.0 Å². The third-order valence-corrected chi connectivity index (χ3v) is 5.35. The zero-order valence-electron chi connectivity index (χ0n) is 10.8. The number of hydrogen-bond acceptors (Lipinski definition) is 4. The molecule has 1 aliphatic heterocycles. The van der Waals surface area contributed by atoms with Crippen LogP contribution in [0.15, 0.2) is 11.4 Å². The predicted molar refractivity (Wildman–Crippen MR) is 73.4 cm³/mol. The molecular formula is C14H19NO3S. The second-order valence-electron chi connectivity index (χ2n) is 5.45. The van der Waals surface area contributed by atoms with E-state index in [-0.39, 0.29) is 12.1 Å². The van der Waals surface area contributed by atoms with Gasteiger partial charge in [0.05, 0.1) is 6.10 Å². The molecular weight excluding hydrogens is 262 g/mol. The number of fused-ring (bicyclic) bond motifs is 1. The van der Waals surface area contributed by atoms with Crippen LogP contribution in [-0.4, -0.2) is 39.8 Å². The smallest absolute Gasteiger partial charge is 0.325 e. The maximum absolute atomic E-state index is 11.7. The summed E-state index contributed by atoms with van der Waals surface area (Å²) in [6, 6.07) is 1.36. The van der Waals surface area contributed by atoms with E-state index >= 15 is 0 Å². The van der Waals surface area contributed by atoms with E-state index in [4.69, 9.17) is 0 Å². The zero-order chi connectivity index (χ0) is 13.4. The molecule has 0 bridgehead atoms. The van der Waals surface area contributed by atoms with Gasteiger partial charge < -0.3 is 10.2 Å². The van der Waals surface area contributed by atoms with Gasteiger partial charge in [-0.1, -0.05) is 12.8 Å². The number of aliphatic hydroxyl groups is 1. The van der Waals surface area contributed by atoms with Crippen LogP contribution in [0.4, 0.5) is 0 Å². The van der Waals surface area contributed by atoms with Crippen LogP contribution in [0.25, 0.3) is 0 Å². The Morgan fingerprint density at radius 3 is 2.89 bits per heavy atom. The van der Waals surface area contributed by atoms with E-state index in [1.807, 2.05) is 16.3 Å². The molecule has 104 valence electrons. The van der Waals surface area contributed by atoms with Crippen LogP contribution < -0.4 is 0 Å². The first kappa shape index (κ1) is 13.1. The van der Waals surface area contributed by atoms with Gasteiger partial charge in [-0.3, -0.25) is 9.69 Å². The van der Waals surface area contributed by atoms with Crippen molar-refractivity contribution in [2.24, 2.45) is 0 Å². The Morgan fingerprint density at radius 2 is 2.16 bits per heavy atom. The minimum atomic E-state index is -0.794. The highest BCUT2D eigenvalue weighted by molar-refractivity contribution is 7.10. The Hall–Kier alpha value is -0.910. The second-order valence-corrected chi connectivity index (χ2v) is 6.45. The van der Waals surface area contributed by atoms with Gasteiger partial charge in [-0.25, -0.2) is 0 Å². The van der Waals surface area contributed by atoms with Gasteiger partial charge in [0, 0.05) is 17.5 Å². The lowest BCUT2D eigenvalue weighted by Gasteiger charge is -2.42. The molecule has 0 saturated heterocycles. The number of carbonyl (C=O) groups is 1. The first-order valence-electron chi connectivity index (χ1n) is 6.91. The number of hydrogen-bond donors (Lipinski definition) is 2. The Balaban J connectivity index is 1.91. The normalized spacial score (nSPS) is 31.9. The monoisotopic (exact) mass is 281 g/mol. The van der Waals surface area contributed by atoms with Crippen molar-refractivity contribution in [2.75, 3.05) is 6.54 Å². The molecule has 3 rings (SSSR count). The van der Waals surface area contributed by atoms with Crippen molar-refractivity contribution in [2.45, 2.75) is 50.3 Å². The number of carboxylic acid groups (broad SMARTS) is 1. The van der Waals surface area contributed by atoms with Gasteiger partial charge >= 0.3 is 5.97 Å².